The number of hydrogen-bond acceptors (Lipinski definition) is 6. The largest absolute Gasteiger partial charge is 0.497 e. The Balaban J connectivity index is 1.94. The van der Waals surface area contributed by atoms with Crippen LogP contribution in [0.25, 0.3) is 0 Å². The topological polar surface area (TPSA) is 70.3 Å². The fourth-order valence-electron chi connectivity index (χ4n) is 1.14. The summed E-state index contributed by atoms with van der Waals surface area (Å²) in [6.45, 7) is 0.376. The van der Waals surface area contributed by atoms with Crippen LogP contribution in [0, 0.1) is 0 Å². The van der Waals surface area contributed by atoms with Gasteiger partial charge in [0.15, 0.2) is 5.01 Å². The molecule has 0 aliphatic heterocycles. The summed E-state index contributed by atoms with van der Waals surface area (Å²) in [6.07, 6.45) is 0. The first-order valence-electron chi connectivity index (χ1n) is 4.62. The standard InChI is InChI=1S/C10H11N3O2S/c1-14-7-2-4-8(5-3-7)15-6-9-12-13-10(11)16-9/h2-5H,6H2,1H3,(H2,11,13). The third-order valence-corrected chi connectivity index (χ3v) is 2.63. The molecule has 0 fully saturated rings. The van der Waals surface area contributed by atoms with Crippen LogP contribution in [-0.4, -0.2) is 17.3 Å². The van der Waals surface area contributed by atoms with Crippen molar-refractivity contribution in [1.82, 2.24) is 10.2 Å². The summed E-state index contributed by atoms with van der Waals surface area (Å²) in [5.41, 5.74) is 5.46. The molecular formula is C10H11N3O2S. The lowest BCUT2D eigenvalue weighted by Crippen LogP contribution is -1.94. The van der Waals surface area contributed by atoms with E-state index in [9.17, 15) is 0 Å². The molecule has 0 amide bonds. The van der Waals surface area contributed by atoms with E-state index < -0.39 is 0 Å². The smallest absolute Gasteiger partial charge is 0.203 e. The molecule has 0 saturated carbocycles. The Morgan fingerprint density at radius 2 is 1.88 bits per heavy atom. The van der Waals surface area contributed by atoms with Crippen molar-refractivity contribution in [3.63, 3.8) is 0 Å². The number of hydrogen-bond donors (Lipinski definition) is 1. The number of ether oxygens (including phenoxy) is 2. The van der Waals surface area contributed by atoms with Crippen molar-refractivity contribution in [2.24, 2.45) is 0 Å². The highest BCUT2D eigenvalue weighted by molar-refractivity contribution is 7.15. The second-order valence-corrected chi connectivity index (χ2v) is 4.09. The monoisotopic (exact) mass is 237 g/mol. The summed E-state index contributed by atoms with van der Waals surface area (Å²) in [5.74, 6) is 1.56. The molecule has 0 bridgehead atoms. The average Bonchev–Trinajstić information content (AvgIpc) is 2.73. The molecule has 0 spiro atoms. The Hall–Kier alpha value is -1.82. The van der Waals surface area contributed by atoms with Crippen LogP contribution in [0.1, 0.15) is 5.01 Å². The Kier molecular flexibility index (Phi) is 3.21. The quantitative estimate of drug-likeness (QED) is 0.876. The summed E-state index contributed by atoms with van der Waals surface area (Å²) < 4.78 is 10.5. The van der Waals surface area contributed by atoms with Crippen LogP contribution in [0.4, 0.5) is 5.13 Å². The molecule has 0 aliphatic carbocycles. The number of benzene rings is 1. The Morgan fingerprint density at radius 1 is 1.19 bits per heavy atom. The maximum atomic E-state index is 5.50. The highest BCUT2D eigenvalue weighted by Crippen LogP contribution is 2.19. The molecule has 84 valence electrons. The highest BCUT2D eigenvalue weighted by Gasteiger charge is 2.02. The van der Waals surface area contributed by atoms with Crippen molar-refractivity contribution >= 4 is 16.5 Å². The third kappa shape index (κ3) is 2.60. The zero-order valence-electron chi connectivity index (χ0n) is 8.71. The molecule has 1 aromatic heterocycles. The van der Waals surface area contributed by atoms with Crippen molar-refractivity contribution in [3.8, 4) is 11.5 Å². The molecule has 0 saturated heterocycles. The summed E-state index contributed by atoms with van der Waals surface area (Å²) >= 11 is 1.32. The zero-order valence-corrected chi connectivity index (χ0v) is 9.53. The van der Waals surface area contributed by atoms with Crippen molar-refractivity contribution in [2.75, 3.05) is 12.8 Å². The minimum Gasteiger partial charge on any atom is -0.497 e. The fourth-order valence-corrected chi connectivity index (χ4v) is 1.66. The maximum Gasteiger partial charge on any atom is 0.203 e. The number of rotatable bonds is 4. The van der Waals surface area contributed by atoms with E-state index in [0.717, 1.165) is 16.5 Å². The minimum absolute atomic E-state index is 0.376. The summed E-state index contributed by atoms with van der Waals surface area (Å²) in [6, 6.07) is 7.35. The van der Waals surface area contributed by atoms with E-state index in [2.05, 4.69) is 10.2 Å². The second-order valence-electron chi connectivity index (χ2n) is 3.00. The molecule has 6 heteroatoms. The predicted molar refractivity (Wildman–Crippen MR) is 61.6 cm³/mol. The molecule has 5 nitrogen and oxygen atoms in total. The average molecular weight is 237 g/mol. The fraction of sp³-hybridized carbons (Fsp3) is 0.200. The van der Waals surface area contributed by atoms with Gasteiger partial charge in [0.1, 0.15) is 18.1 Å². The van der Waals surface area contributed by atoms with Gasteiger partial charge in [-0.05, 0) is 24.3 Å². The van der Waals surface area contributed by atoms with Gasteiger partial charge >= 0.3 is 0 Å². The van der Waals surface area contributed by atoms with Gasteiger partial charge in [-0.25, -0.2) is 0 Å². The number of anilines is 1. The Labute approximate surface area is 96.8 Å². The molecule has 0 atom stereocenters. The summed E-state index contributed by atoms with van der Waals surface area (Å²) in [4.78, 5) is 0. The normalized spacial score (nSPS) is 10.1. The molecule has 0 aliphatic rings. The Bertz CT molecular complexity index is 455. The van der Waals surface area contributed by atoms with E-state index in [-0.39, 0.29) is 0 Å². The van der Waals surface area contributed by atoms with Crippen LogP contribution in [-0.2, 0) is 6.61 Å². The number of nitrogens with zero attached hydrogens (tertiary/aromatic N) is 2. The first-order chi connectivity index (χ1) is 7.78. The van der Waals surface area contributed by atoms with Crippen molar-refractivity contribution in [2.45, 2.75) is 6.61 Å². The van der Waals surface area contributed by atoms with Crippen molar-refractivity contribution in [1.29, 1.82) is 0 Å². The van der Waals surface area contributed by atoms with Crippen LogP contribution >= 0.6 is 11.3 Å². The molecule has 16 heavy (non-hydrogen) atoms. The second kappa shape index (κ2) is 4.80. The molecule has 1 heterocycles. The van der Waals surface area contributed by atoms with Crippen molar-refractivity contribution in [3.05, 3.63) is 29.3 Å². The molecule has 2 aromatic rings. The minimum atomic E-state index is 0.376. The number of nitrogens with two attached hydrogens (primary N) is 1. The first kappa shape index (κ1) is 10.7. The Morgan fingerprint density at radius 3 is 2.44 bits per heavy atom. The van der Waals surface area contributed by atoms with Gasteiger partial charge in [0.25, 0.3) is 0 Å². The van der Waals surface area contributed by atoms with Crippen LogP contribution in [0.3, 0.4) is 0 Å². The van der Waals surface area contributed by atoms with Crippen molar-refractivity contribution < 1.29 is 9.47 Å². The highest BCUT2D eigenvalue weighted by atomic mass is 32.1. The zero-order chi connectivity index (χ0) is 11.4. The van der Waals surface area contributed by atoms with Crippen LogP contribution in [0.2, 0.25) is 0 Å². The van der Waals surface area contributed by atoms with Gasteiger partial charge in [0.05, 0.1) is 7.11 Å². The first-order valence-corrected chi connectivity index (χ1v) is 5.44. The van der Waals surface area contributed by atoms with Crippen LogP contribution in [0.5, 0.6) is 11.5 Å². The molecule has 0 radical (unpaired) electrons. The predicted octanol–water partition coefficient (Wildman–Crippen LogP) is 1.71. The van der Waals surface area contributed by atoms with Gasteiger partial charge < -0.3 is 15.2 Å². The molecule has 2 N–H and O–H groups in total. The van der Waals surface area contributed by atoms with E-state index >= 15 is 0 Å². The van der Waals surface area contributed by atoms with Gasteiger partial charge in [0, 0.05) is 0 Å². The molecule has 0 unspecified atom stereocenters. The van der Waals surface area contributed by atoms with Gasteiger partial charge in [0.2, 0.25) is 5.13 Å². The molecular weight excluding hydrogens is 226 g/mol. The van der Waals surface area contributed by atoms with Gasteiger partial charge in [-0.15, -0.1) is 10.2 Å². The lowest BCUT2D eigenvalue weighted by molar-refractivity contribution is 0.304. The van der Waals surface area contributed by atoms with Gasteiger partial charge in [-0.3, -0.25) is 0 Å². The van der Waals surface area contributed by atoms with E-state index in [1.54, 1.807) is 7.11 Å². The van der Waals surface area contributed by atoms with E-state index in [0.29, 0.717) is 11.7 Å². The SMILES string of the molecule is COc1ccc(OCc2nnc(N)s2)cc1. The van der Waals surface area contributed by atoms with Crippen LogP contribution < -0.4 is 15.2 Å². The van der Waals surface area contributed by atoms with E-state index in [1.807, 2.05) is 24.3 Å². The van der Waals surface area contributed by atoms with Crippen LogP contribution in [0.15, 0.2) is 24.3 Å². The summed E-state index contributed by atoms with van der Waals surface area (Å²) in [7, 11) is 1.62. The van der Waals surface area contributed by atoms with E-state index in [1.165, 1.54) is 11.3 Å². The molecule has 1 aromatic carbocycles. The lowest BCUT2D eigenvalue weighted by atomic mass is 10.3. The van der Waals surface area contributed by atoms with Gasteiger partial charge in [-0.1, -0.05) is 11.3 Å². The van der Waals surface area contributed by atoms with Gasteiger partial charge in [-0.2, -0.15) is 0 Å². The number of aromatic nitrogens is 2. The maximum absolute atomic E-state index is 5.50. The van der Waals surface area contributed by atoms with E-state index in [4.69, 9.17) is 15.2 Å². The molecule has 2 rings (SSSR count). The summed E-state index contributed by atoms with van der Waals surface area (Å²) in [5, 5.41) is 8.77. The lowest BCUT2D eigenvalue weighted by Gasteiger charge is -2.04. The third-order valence-electron chi connectivity index (χ3n) is 1.90. The number of nitrogen functional groups attached to an aromatic ring is 1. The number of methoxy groups -OCH3 is 1.